The van der Waals surface area contributed by atoms with E-state index in [1.807, 2.05) is 12.1 Å². The van der Waals surface area contributed by atoms with E-state index in [0.717, 1.165) is 29.4 Å². The number of nitrogens with zero attached hydrogens (tertiary/aromatic N) is 1. The molecule has 0 fully saturated rings. The van der Waals surface area contributed by atoms with E-state index in [-0.39, 0.29) is 0 Å². The lowest BCUT2D eigenvalue weighted by molar-refractivity contribution is 0.414. The summed E-state index contributed by atoms with van der Waals surface area (Å²) in [6.07, 6.45) is 1.02. The molecule has 0 radical (unpaired) electrons. The molecule has 0 amide bonds. The molecule has 0 aliphatic carbocycles. The van der Waals surface area contributed by atoms with Crippen molar-refractivity contribution in [3.05, 3.63) is 45.4 Å². The monoisotopic (exact) mass is 290 g/mol. The molecule has 1 aromatic carbocycles. The van der Waals surface area contributed by atoms with Crippen LogP contribution in [0.4, 0.5) is 0 Å². The van der Waals surface area contributed by atoms with Crippen molar-refractivity contribution in [3.63, 3.8) is 0 Å². The van der Waals surface area contributed by atoms with Gasteiger partial charge in [-0.15, -0.1) is 11.3 Å². The van der Waals surface area contributed by atoms with Crippen LogP contribution >= 0.6 is 11.3 Å². The van der Waals surface area contributed by atoms with Gasteiger partial charge in [-0.2, -0.15) is 0 Å². The molecule has 1 heterocycles. The lowest BCUT2D eigenvalue weighted by Crippen LogP contribution is -2.21. The summed E-state index contributed by atoms with van der Waals surface area (Å²) in [7, 11) is 1.69. The number of hydrogen-bond donors (Lipinski definition) is 1. The first kappa shape index (κ1) is 15.0. The highest BCUT2D eigenvalue weighted by Gasteiger charge is 2.11. The Morgan fingerprint density at radius 3 is 2.50 bits per heavy atom. The first-order valence-corrected chi connectivity index (χ1v) is 7.72. The Bertz CT molecular complexity index is 548. The van der Waals surface area contributed by atoms with Crippen LogP contribution in [0.25, 0.3) is 0 Å². The van der Waals surface area contributed by atoms with E-state index in [2.05, 4.69) is 43.2 Å². The van der Waals surface area contributed by atoms with Crippen LogP contribution in [0.2, 0.25) is 0 Å². The molecular weight excluding hydrogens is 268 g/mol. The molecule has 1 atom stereocenters. The smallest absolute Gasteiger partial charge is 0.118 e. The lowest BCUT2D eigenvalue weighted by atomic mass is 10.1. The van der Waals surface area contributed by atoms with Crippen LogP contribution in [-0.4, -0.2) is 18.6 Å². The minimum atomic E-state index is 0.361. The van der Waals surface area contributed by atoms with E-state index in [4.69, 9.17) is 4.74 Å². The van der Waals surface area contributed by atoms with Crippen molar-refractivity contribution in [2.45, 2.75) is 33.2 Å². The highest BCUT2D eigenvalue weighted by molar-refractivity contribution is 7.11. The van der Waals surface area contributed by atoms with Crippen LogP contribution in [0, 0.1) is 13.8 Å². The largest absolute Gasteiger partial charge is 0.497 e. The van der Waals surface area contributed by atoms with Crippen molar-refractivity contribution in [2.24, 2.45) is 0 Å². The summed E-state index contributed by atoms with van der Waals surface area (Å²) >= 11 is 1.78. The number of aryl methyl sites for hydroxylation is 2. The van der Waals surface area contributed by atoms with Crippen molar-refractivity contribution >= 4 is 11.3 Å². The van der Waals surface area contributed by atoms with Crippen LogP contribution in [0.5, 0.6) is 5.75 Å². The van der Waals surface area contributed by atoms with Gasteiger partial charge in [-0.05, 0) is 51.4 Å². The maximum atomic E-state index is 5.16. The number of aromatic nitrogens is 1. The van der Waals surface area contributed by atoms with Crippen molar-refractivity contribution in [1.29, 1.82) is 0 Å². The standard InChI is InChI=1S/C16H22N2OS/c1-11(16-12(2)18-13(3)20-16)17-10-9-14-5-7-15(19-4)8-6-14/h5-8,11,17H,9-10H2,1-4H3. The fraction of sp³-hybridized carbons (Fsp3) is 0.438. The topological polar surface area (TPSA) is 34.1 Å². The number of nitrogens with one attached hydrogen (secondary N) is 1. The molecule has 0 aliphatic rings. The molecule has 0 saturated carbocycles. The van der Waals surface area contributed by atoms with Crippen molar-refractivity contribution < 1.29 is 4.74 Å². The molecule has 0 bridgehead atoms. The molecular formula is C16H22N2OS. The molecule has 4 heteroatoms. The second-order valence-electron chi connectivity index (χ2n) is 4.96. The Morgan fingerprint density at radius 1 is 1.25 bits per heavy atom. The zero-order valence-corrected chi connectivity index (χ0v) is 13.4. The van der Waals surface area contributed by atoms with Crippen LogP contribution in [-0.2, 0) is 6.42 Å². The summed E-state index contributed by atoms with van der Waals surface area (Å²) in [6, 6.07) is 8.62. The van der Waals surface area contributed by atoms with Gasteiger partial charge >= 0.3 is 0 Å². The first-order valence-electron chi connectivity index (χ1n) is 6.90. The number of rotatable bonds is 6. The molecule has 108 valence electrons. The van der Waals surface area contributed by atoms with Crippen LogP contribution in [0.15, 0.2) is 24.3 Å². The van der Waals surface area contributed by atoms with Gasteiger partial charge in [0.05, 0.1) is 17.8 Å². The van der Waals surface area contributed by atoms with E-state index in [9.17, 15) is 0 Å². The van der Waals surface area contributed by atoms with Crippen molar-refractivity contribution in [2.75, 3.05) is 13.7 Å². The van der Waals surface area contributed by atoms with E-state index >= 15 is 0 Å². The molecule has 0 aliphatic heterocycles. The molecule has 1 aromatic heterocycles. The van der Waals surface area contributed by atoms with Gasteiger partial charge in [0, 0.05) is 10.9 Å². The maximum absolute atomic E-state index is 5.16. The minimum absolute atomic E-state index is 0.361. The van der Waals surface area contributed by atoms with Gasteiger partial charge in [-0.1, -0.05) is 12.1 Å². The fourth-order valence-corrected chi connectivity index (χ4v) is 3.22. The van der Waals surface area contributed by atoms with Crippen molar-refractivity contribution in [1.82, 2.24) is 10.3 Å². The molecule has 3 nitrogen and oxygen atoms in total. The van der Waals surface area contributed by atoms with Crippen LogP contribution in [0.3, 0.4) is 0 Å². The third kappa shape index (κ3) is 3.81. The second-order valence-corrected chi connectivity index (χ2v) is 6.19. The summed E-state index contributed by atoms with van der Waals surface area (Å²) in [5.41, 5.74) is 2.47. The zero-order chi connectivity index (χ0) is 14.5. The number of thiazole rings is 1. The molecule has 2 aromatic rings. The lowest BCUT2D eigenvalue weighted by Gasteiger charge is -2.13. The average molecular weight is 290 g/mol. The summed E-state index contributed by atoms with van der Waals surface area (Å²) in [6.45, 7) is 7.31. The van der Waals surface area contributed by atoms with Gasteiger partial charge < -0.3 is 10.1 Å². The quantitative estimate of drug-likeness (QED) is 0.881. The van der Waals surface area contributed by atoms with Crippen molar-refractivity contribution in [3.8, 4) is 5.75 Å². The molecule has 2 rings (SSSR count). The first-order chi connectivity index (χ1) is 9.60. The Morgan fingerprint density at radius 2 is 1.95 bits per heavy atom. The van der Waals surface area contributed by atoms with E-state index in [1.54, 1.807) is 18.4 Å². The van der Waals surface area contributed by atoms with E-state index < -0.39 is 0 Å². The zero-order valence-electron chi connectivity index (χ0n) is 12.6. The minimum Gasteiger partial charge on any atom is -0.497 e. The summed E-state index contributed by atoms with van der Waals surface area (Å²) < 4.78 is 5.16. The van der Waals surface area contributed by atoms with E-state index in [1.165, 1.54) is 10.4 Å². The highest BCUT2D eigenvalue weighted by atomic mass is 32.1. The number of hydrogen-bond acceptors (Lipinski definition) is 4. The SMILES string of the molecule is COc1ccc(CCNC(C)c2sc(C)nc2C)cc1. The van der Waals surface area contributed by atoms with Gasteiger partial charge in [0.15, 0.2) is 0 Å². The van der Waals surface area contributed by atoms with Gasteiger partial charge in [0.2, 0.25) is 0 Å². The fourth-order valence-electron chi connectivity index (χ4n) is 2.27. The summed E-state index contributed by atoms with van der Waals surface area (Å²) in [4.78, 5) is 5.83. The Hall–Kier alpha value is -1.39. The van der Waals surface area contributed by atoms with E-state index in [0.29, 0.717) is 6.04 Å². The Balaban J connectivity index is 1.84. The normalized spacial score (nSPS) is 12.4. The third-order valence-electron chi connectivity index (χ3n) is 3.36. The maximum Gasteiger partial charge on any atom is 0.118 e. The Labute approximate surface area is 125 Å². The predicted octanol–water partition coefficient (Wildman–Crippen LogP) is 3.66. The van der Waals surface area contributed by atoms with Gasteiger partial charge in [0.25, 0.3) is 0 Å². The molecule has 1 N–H and O–H groups in total. The Kier molecular flexibility index (Phi) is 5.15. The summed E-state index contributed by atoms with van der Waals surface area (Å²) in [5.74, 6) is 0.908. The highest BCUT2D eigenvalue weighted by Crippen LogP contribution is 2.24. The molecule has 0 saturated heterocycles. The van der Waals surface area contributed by atoms with Gasteiger partial charge in [-0.25, -0.2) is 4.98 Å². The van der Waals surface area contributed by atoms with Gasteiger partial charge in [0.1, 0.15) is 5.75 Å². The average Bonchev–Trinajstić information content (AvgIpc) is 2.78. The number of benzene rings is 1. The van der Waals surface area contributed by atoms with Crippen LogP contribution in [0.1, 0.15) is 34.1 Å². The number of ether oxygens (including phenoxy) is 1. The second kappa shape index (κ2) is 6.86. The predicted molar refractivity (Wildman–Crippen MR) is 84.7 cm³/mol. The van der Waals surface area contributed by atoms with Gasteiger partial charge in [-0.3, -0.25) is 0 Å². The molecule has 1 unspecified atom stereocenters. The molecule has 0 spiro atoms. The third-order valence-corrected chi connectivity index (χ3v) is 4.61. The summed E-state index contributed by atoms with van der Waals surface area (Å²) in [5, 5.41) is 4.71. The van der Waals surface area contributed by atoms with Crippen LogP contribution < -0.4 is 10.1 Å². The number of methoxy groups -OCH3 is 1. The molecule has 20 heavy (non-hydrogen) atoms.